The predicted molar refractivity (Wildman–Crippen MR) is 77.5 cm³/mol. The van der Waals surface area contributed by atoms with E-state index in [1.165, 1.54) is 12.1 Å². The van der Waals surface area contributed by atoms with Crippen LogP contribution in [0.5, 0.6) is 5.75 Å². The number of benzene rings is 1. The predicted octanol–water partition coefficient (Wildman–Crippen LogP) is -0.930. The number of nitrogens with two attached hydrogens (primary N) is 1. The van der Waals surface area contributed by atoms with Gasteiger partial charge in [-0.25, -0.2) is 0 Å². The number of primary amides is 1. The highest BCUT2D eigenvalue weighted by Crippen LogP contribution is 2.34. The lowest BCUT2D eigenvalue weighted by molar-refractivity contribution is -0.193. The zero-order chi connectivity index (χ0) is 18.1. The van der Waals surface area contributed by atoms with Gasteiger partial charge in [-0.2, -0.15) is 12.7 Å². The monoisotopic (exact) mass is 358 g/mol. The van der Waals surface area contributed by atoms with Crippen molar-refractivity contribution in [1.29, 1.82) is 0 Å². The zero-order valence-electron chi connectivity index (χ0n) is 12.4. The molecule has 1 aliphatic heterocycles. The Balaban J connectivity index is 2.32. The van der Waals surface area contributed by atoms with Gasteiger partial charge in [-0.1, -0.05) is 18.2 Å². The fraction of sp³-hybridized carbons (Fsp3) is 0.308. The van der Waals surface area contributed by atoms with E-state index in [0.29, 0.717) is 0 Å². The summed E-state index contributed by atoms with van der Waals surface area (Å²) in [5.41, 5.74) is 5.22. The van der Waals surface area contributed by atoms with Gasteiger partial charge in [-0.15, -0.1) is 0 Å². The molecule has 11 heteroatoms. The molecule has 1 aromatic carbocycles. The summed E-state index contributed by atoms with van der Waals surface area (Å²) in [6.45, 7) is 0.972. The first kappa shape index (κ1) is 17.7. The first-order valence-corrected chi connectivity index (χ1v) is 8.01. The summed E-state index contributed by atoms with van der Waals surface area (Å²) in [5, 5.41) is 0. The van der Waals surface area contributed by atoms with Crippen LogP contribution >= 0.6 is 0 Å². The molecule has 3 atom stereocenters. The molecule has 2 rings (SSSR count). The van der Waals surface area contributed by atoms with Crippen molar-refractivity contribution >= 4 is 28.1 Å². The third kappa shape index (κ3) is 3.46. The number of ether oxygens (including phenoxy) is 2. The first-order chi connectivity index (χ1) is 11.1. The molecule has 10 nitrogen and oxygen atoms in total. The number of hydrogen-bond acceptors (Lipinski definition) is 7. The van der Waals surface area contributed by atoms with Gasteiger partial charge in [0.05, 0.1) is 0 Å². The Morgan fingerprint density at radius 1 is 1.29 bits per heavy atom. The maximum Gasteiger partial charge on any atom is 0.365 e. The molecule has 0 saturated carbocycles. The van der Waals surface area contributed by atoms with Crippen molar-refractivity contribution in [2.24, 2.45) is 11.7 Å². The van der Waals surface area contributed by atoms with Gasteiger partial charge in [-0.3, -0.25) is 18.9 Å². The molecular formula is C13H14N2O8S. The van der Waals surface area contributed by atoms with E-state index in [-0.39, 0.29) is 10.1 Å². The number of hydrogen-bond donors (Lipinski definition) is 2. The Morgan fingerprint density at radius 2 is 1.88 bits per heavy atom. The van der Waals surface area contributed by atoms with Crippen LogP contribution in [0.15, 0.2) is 30.3 Å². The van der Waals surface area contributed by atoms with Gasteiger partial charge in [0, 0.05) is 6.92 Å². The second kappa shape index (κ2) is 6.45. The van der Waals surface area contributed by atoms with E-state index >= 15 is 0 Å². The van der Waals surface area contributed by atoms with Crippen molar-refractivity contribution in [3.63, 3.8) is 0 Å². The van der Waals surface area contributed by atoms with Gasteiger partial charge in [0.25, 0.3) is 11.8 Å². The summed E-state index contributed by atoms with van der Waals surface area (Å²) in [7, 11) is -4.98. The molecule has 1 aliphatic rings. The van der Waals surface area contributed by atoms with E-state index in [0.717, 1.165) is 6.92 Å². The number of para-hydroxylation sites is 1. The molecule has 2 amide bonds. The number of rotatable bonds is 6. The van der Waals surface area contributed by atoms with Crippen LogP contribution in [0.2, 0.25) is 0 Å². The Morgan fingerprint density at radius 3 is 2.33 bits per heavy atom. The van der Waals surface area contributed by atoms with E-state index in [1.54, 1.807) is 18.2 Å². The number of carbonyl (C=O) groups is 3. The third-order valence-corrected chi connectivity index (χ3v) is 4.07. The Bertz CT molecular complexity index is 763. The number of esters is 1. The summed E-state index contributed by atoms with van der Waals surface area (Å²) < 4.78 is 41.5. The van der Waals surface area contributed by atoms with Crippen LogP contribution in [0.4, 0.5) is 0 Å². The van der Waals surface area contributed by atoms with Crippen molar-refractivity contribution in [1.82, 2.24) is 4.31 Å². The fourth-order valence-electron chi connectivity index (χ4n) is 2.23. The lowest BCUT2D eigenvalue weighted by Crippen LogP contribution is -2.69. The standard InChI is InChI=1S/C13H14N2O8S/c1-7(16)22-13-9(12(18)15(13)24(19,20)21)10(11(14)17)23-8-5-3-2-4-6-8/h2-6,9-10,13H,1H3,(H2,14,17)(H,19,20,21)/t9-,10?,13+/m1/s1. The highest BCUT2D eigenvalue weighted by Gasteiger charge is 2.61. The molecular weight excluding hydrogens is 344 g/mol. The molecule has 0 bridgehead atoms. The molecule has 0 spiro atoms. The largest absolute Gasteiger partial charge is 0.480 e. The van der Waals surface area contributed by atoms with Crippen molar-refractivity contribution < 1.29 is 36.8 Å². The van der Waals surface area contributed by atoms with Crippen LogP contribution in [-0.4, -0.2) is 47.4 Å². The van der Waals surface area contributed by atoms with Crippen molar-refractivity contribution in [2.75, 3.05) is 0 Å². The van der Waals surface area contributed by atoms with Gasteiger partial charge in [0.2, 0.25) is 6.23 Å². The van der Waals surface area contributed by atoms with E-state index in [4.69, 9.17) is 19.8 Å². The lowest BCUT2D eigenvalue weighted by atomic mass is 9.91. The summed E-state index contributed by atoms with van der Waals surface area (Å²) in [6.07, 6.45) is -3.33. The van der Waals surface area contributed by atoms with E-state index in [1.807, 2.05) is 0 Å². The van der Waals surface area contributed by atoms with Gasteiger partial charge < -0.3 is 15.2 Å². The van der Waals surface area contributed by atoms with Crippen LogP contribution in [0, 0.1) is 5.92 Å². The molecule has 1 unspecified atom stereocenters. The maximum absolute atomic E-state index is 12.0. The molecule has 0 aromatic heterocycles. The summed E-state index contributed by atoms with van der Waals surface area (Å²) in [6, 6.07) is 7.86. The molecule has 0 aliphatic carbocycles. The second-order valence-electron chi connectivity index (χ2n) is 4.89. The van der Waals surface area contributed by atoms with Crippen molar-refractivity contribution in [3.05, 3.63) is 30.3 Å². The fourth-order valence-corrected chi connectivity index (χ4v) is 3.01. The Labute approximate surface area is 137 Å². The van der Waals surface area contributed by atoms with Crippen LogP contribution in [0.25, 0.3) is 0 Å². The third-order valence-electron chi connectivity index (χ3n) is 3.19. The average Bonchev–Trinajstić information content (AvgIpc) is 2.45. The highest BCUT2D eigenvalue weighted by molar-refractivity contribution is 7.84. The molecule has 1 fully saturated rings. The molecule has 24 heavy (non-hydrogen) atoms. The van der Waals surface area contributed by atoms with Crippen molar-refractivity contribution in [3.8, 4) is 5.75 Å². The summed E-state index contributed by atoms with van der Waals surface area (Å²) in [5.74, 6) is -4.48. The Hall–Kier alpha value is -2.66. The molecule has 0 radical (unpaired) electrons. The Kier molecular flexibility index (Phi) is 4.76. The first-order valence-electron chi connectivity index (χ1n) is 6.62. The van der Waals surface area contributed by atoms with Gasteiger partial charge in [0.1, 0.15) is 11.7 Å². The topological polar surface area (TPSA) is 153 Å². The number of nitrogens with zero attached hydrogens (tertiary/aromatic N) is 1. The molecule has 1 aromatic rings. The molecule has 1 heterocycles. The maximum atomic E-state index is 12.0. The van der Waals surface area contributed by atoms with Gasteiger partial charge in [-0.05, 0) is 12.1 Å². The van der Waals surface area contributed by atoms with E-state index in [2.05, 4.69) is 0 Å². The lowest BCUT2D eigenvalue weighted by Gasteiger charge is -2.44. The van der Waals surface area contributed by atoms with Crippen LogP contribution < -0.4 is 10.5 Å². The quantitative estimate of drug-likeness (QED) is 0.376. The van der Waals surface area contributed by atoms with Crippen molar-refractivity contribution in [2.45, 2.75) is 19.3 Å². The molecule has 3 N–H and O–H groups in total. The summed E-state index contributed by atoms with van der Waals surface area (Å²) >= 11 is 0. The molecule has 1 saturated heterocycles. The minimum absolute atomic E-state index is 0.0522. The average molecular weight is 358 g/mol. The van der Waals surface area contributed by atoms with Crippen LogP contribution in [0.3, 0.4) is 0 Å². The van der Waals surface area contributed by atoms with Crippen LogP contribution in [0.1, 0.15) is 6.92 Å². The van der Waals surface area contributed by atoms with Gasteiger partial charge in [0.15, 0.2) is 6.10 Å². The number of carbonyl (C=O) groups excluding carboxylic acids is 3. The normalized spacial score (nSPS) is 21.6. The summed E-state index contributed by atoms with van der Waals surface area (Å²) in [4.78, 5) is 34.8. The van der Waals surface area contributed by atoms with E-state index < -0.39 is 46.3 Å². The van der Waals surface area contributed by atoms with E-state index in [9.17, 15) is 22.8 Å². The van der Waals surface area contributed by atoms with Gasteiger partial charge >= 0.3 is 16.3 Å². The zero-order valence-corrected chi connectivity index (χ0v) is 13.2. The minimum Gasteiger partial charge on any atom is -0.480 e. The van der Waals surface area contributed by atoms with Crippen LogP contribution in [-0.2, 0) is 29.4 Å². The number of β-lactam (4-membered cyclic amide) rings is 1. The highest BCUT2D eigenvalue weighted by atomic mass is 32.2. The smallest absolute Gasteiger partial charge is 0.365 e. The second-order valence-corrected chi connectivity index (χ2v) is 6.18. The molecule has 130 valence electrons. The number of amides is 2. The minimum atomic E-state index is -4.98. The SMILES string of the molecule is CC(=O)O[C@H]1[C@H](C(Oc2ccccc2)C(N)=O)C(=O)N1S(=O)(=O)O.